The second-order valence-electron chi connectivity index (χ2n) is 6.83. The maximum atomic E-state index is 12.9. The minimum Gasteiger partial charge on any atom is -0.497 e. The standard InChI is InChI=1S/C21H21BrN4O4/c1-28-14-4-5-19(29-2)16(9-14)17-10-18(25-24-17)21(27)26-8-7-15(12-26)30-20-6-3-13(22)11-23-20/h3-6,9-11,15H,7-8,12H2,1-2H3,(H,24,25). The molecule has 0 aliphatic carbocycles. The fraction of sp³-hybridized carbons (Fsp3) is 0.286. The van der Waals surface area contributed by atoms with Crippen molar-refractivity contribution in [2.24, 2.45) is 0 Å². The van der Waals surface area contributed by atoms with Gasteiger partial charge < -0.3 is 19.1 Å². The van der Waals surface area contributed by atoms with E-state index in [1.807, 2.05) is 24.3 Å². The summed E-state index contributed by atoms with van der Waals surface area (Å²) in [5.41, 5.74) is 1.77. The Bertz CT molecular complexity index is 1040. The molecule has 1 unspecified atom stereocenters. The van der Waals surface area contributed by atoms with Crippen LogP contribution in [0.3, 0.4) is 0 Å². The molecule has 1 N–H and O–H groups in total. The Labute approximate surface area is 182 Å². The molecule has 1 aliphatic heterocycles. The maximum absolute atomic E-state index is 12.9. The van der Waals surface area contributed by atoms with Gasteiger partial charge in [0.05, 0.1) is 26.5 Å². The van der Waals surface area contributed by atoms with Crippen molar-refractivity contribution in [1.29, 1.82) is 0 Å². The van der Waals surface area contributed by atoms with Gasteiger partial charge in [-0.25, -0.2) is 4.98 Å². The number of methoxy groups -OCH3 is 2. The Morgan fingerprint density at radius 1 is 1.20 bits per heavy atom. The summed E-state index contributed by atoms with van der Waals surface area (Å²) in [5, 5.41) is 7.15. The zero-order chi connectivity index (χ0) is 21.1. The van der Waals surface area contributed by atoms with E-state index in [9.17, 15) is 4.79 Å². The molecule has 2 aromatic heterocycles. The van der Waals surface area contributed by atoms with Crippen molar-refractivity contribution in [3.8, 4) is 28.6 Å². The van der Waals surface area contributed by atoms with E-state index in [1.54, 1.807) is 37.4 Å². The largest absolute Gasteiger partial charge is 0.497 e. The number of H-pyrrole nitrogens is 1. The fourth-order valence-corrected chi connectivity index (χ4v) is 3.60. The first-order chi connectivity index (χ1) is 14.6. The van der Waals surface area contributed by atoms with Gasteiger partial charge in [-0.2, -0.15) is 5.10 Å². The molecule has 3 heterocycles. The number of hydrogen-bond acceptors (Lipinski definition) is 6. The number of nitrogens with one attached hydrogen (secondary N) is 1. The predicted molar refractivity (Wildman–Crippen MR) is 114 cm³/mol. The van der Waals surface area contributed by atoms with Crippen LogP contribution in [0, 0.1) is 0 Å². The van der Waals surface area contributed by atoms with Gasteiger partial charge in [0.2, 0.25) is 5.88 Å². The van der Waals surface area contributed by atoms with Gasteiger partial charge in [-0.1, -0.05) is 0 Å². The van der Waals surface area contributed by atoms with Crippen LogP contribution < -0.4 is 14.2 Å². The van der Waals surface area contributed by atoms with Gasteiger partial charge in [-0.15, -0.1) is 0 Å². The van der Waals surface area contributed by atoms with Crippen LogP contribution in [-0.2, 0) is 0 Å². The normalized spacial score (nSPS) is 15.8. The van der Waals surface area contributed by atoms with E-state index < -0.39 is 0 Å². The average molecular weight is 473 g/mol. The topological polar surface area (TPSA) is 89.6 Å². The monoisotopic (exact) mass is 472 g/mol. The smallest absolute Gasteiger partial charge is 0.272 e. The lowest BCUT2D eigenvalue weighted by atomic mass is 10.1. The van der Waals surface area contributed by atoms with Gasteiger partial charge in [-0.3, -0.25) is 9.89 Å². The molecule has 8 nitrogen and oxygen atoms in total. The van der Waals surface area contributed by atoms with Crippen LogP contribution in [0.5, 0.6) is 17.4 Å². The second kappa shape index (κ2) is 8.74. The third kappa shape index (κ3) is 4.25. The number of nitrogens with zero attached hydrogens (tertiary/aromatic N) is 3. The van der Waals surface area contributed by atoms with E-state index in [2.05, 4.69) is 31.1 Å². The lowest BCUT2D eigenvalue weighted by Crippen LogP contribution is -2.31. The zero-order valence-electron chi connectivity index (χ0n) is 16.6. The SMILES string of the molecule is COc1ccc(OC)c(-c2cc(C(=O)N3CCC(Oc4ccc(Br)cn4)C3)[nH]n2)c1. The van der Waals surface area contributed by atoms with Crippen LogP contribution >= 0.6 is 15.9 Å². The molecule has 1 aromatic carbocycles. The number of amides is 1. The Morgan fingerprint density at radius 2 is 2.07 bits per heavy atom. The average Bonchev–Trinajstić information content (AvgIpc) is 3.44. The molecule has 4 rings (SSSR count). The van der Waals surface area contributed by atoms with Crippen LogP contribution in [0.15, 0.2) is 47.1 Å². The molecule has 1 amide bonds. The molecule has 0 spiro atoms. The number of benzene rings is 1. The molecule has 0 saturated carbocycles. The number of ether oxygens (including phenoxy) is 3. The van der Waals surface area contributed by atoms with Crippen molar-refractivity contribution in [3.63, 3.8) is 0 Å². The van der Waals surface area contributed by atoms with E-state index in [-0.39, 0.29) is 12.0 Å². The molecule has 9 heteroatoms. The number of halogens is 1. The van der Waals surface area contributed by atoms with Crippen molar-refractivity contribution in [3.05, 3.63) is 52.8 Å². The minimum atomic E-state index is -0.120. The molecule has 1 aliphatic rings. The van der Waals surface area contributed by atoms with Crippen LogP contribution in [0.2, 0.25) is 0 Å². The minimum absolute atomic E-state index is 0.0940. The number of aromatic nitrogens is 3. The summed E-state index contributed by atoms with van der Waals surface area (Å²) >= 11 is 3.35. The number of carbonyl (C=O) groups excluding carboxylic acids is 1. The summed E-state index contributed by atoms with van der Waals surface area (Å²) in [6.07, 6.45) is 2.34. The summed E-state index contributed by atoms with van der Waals surface area (Å²) < 4.78 is 17.5. The van der Waals surface area contributed by atoms with E-state index >= 15 is 0 Å². The third-order valence-corrected chi connectivity index (χ3v) is 5.38. The molecular weight excluding hydrogens is 452 g/mol. The summed E-state index contributed by atoms with van der Waals surface area (Å²) in [6, 6.07) is 10.9. The van der Waals surface area contributed by atoms with Crippen molar-refractivity contribution >= 4 is 21.8 Å². The van der Waals surface area contributed by atoms with Crippen molar-refractivity contribution < 1.29 is 19.0 Å². The van der Waals surface area contributed by atoms with E-state index in [1.165, 1.54) is 0 Å². The Morgan fingerprint density at radius 3 is 2.80 bits per heavy atom. The quantitative estimate of drug-likeness (QED) is 0.589. The lowest BCUT2D eigenvalue weighted by molar-refractivity contribution is 0.0765. The van der Waals surface area contributed by atoms with Gasteiger partial charge >= 0.3 is 0 Å². The highest BCUT2D eigenvalue weighted by Gasteiger charge is 2.29. The highest BCUT2D eigenvalue weighted by atomic mass is 79.9. The molecule has 1 saturated heterocycles. The zero-order valence-corrected chi connectivity index (χ0v) is 18.2. The van der Waals surface area contributed by atoms with Gasteiger partial charge in [-0.05, 0) is 46.3 Å². The number of carbonyl (C=O) groups is 1. The molecule has 0 radical (unpaired) electrons. The molecule has 30 heavy (non-hydrogen) atoms. The van der Waals surface area contributed by atoms with Crippen LogP contribution in [0.4, 0.5) is 0 Å². The molecule has 156 valence electrons. The van der Waals surface area contributed by atoms with Crippen LogP contribution in [0.25, 0.3) is 11.3 Å². The van der Waals surface area contributed by atoms with Crippen LogP contribution in [0.1, 0.15) is 16.9 Å². The lowest BCUT2D eigenvalue weighted by Gasteiger charge is -2.16. The highest BCUT2D eigenvalue weighted by molar-refractivity contribution is 9.10. The van der Waals surface area contributed by atoms with E-state index in [0.717, 1.165) is 16.5 Å². The van der Waals surface area contributed by atoms with Crippen molar-refractivity contribution in [2.75, 3.05) is 27.3 Å². The van der Waals surface area contributed by atoms with E-state index in [0.29, 0.717) is 41.9 Å². The van der Waals surface area contributed by atoms with Gasteiger partial charge in [0.1, 0.15) is 23.3 Å². The number of rotatable bonds is 6. The predicted octanol–water partition coefficient (Wildman–Crippen LogP) is 3.54. The molecular formula is C21H21BrN4O4. The Hall–Kier alpha value is -3.07. The molecule has 0 bridgehead atoms. The Balaban J connectivity index is 1.45. The van der Waals surface area contributed by atoms with Gasteiger partial charge in [0, 0.05) is 35.3 Å². The molecule has 1 fully saturated rings. The number of likely N-dealkylation sites (tertiary alicyclic amines) is 1. The first kappa shape index (κ1) is 20.2. The summed E-state index contributed by atoms with van der Waals surface area (Å²) in [7, 11) is 3.19. The first-order valence-corrected chi connectivity index (χ1v) is 10.2. The van der Waals surface area contributed by atoms with Gasteiger partial charge in [0.25, 0.3) is 5.91 Å². The van der Waals surface area contributed by atoms with Crippen LogP contribution in [-0.4, -0.2) is 59.4 Å². The maximum Gasteiger partial charge on any atom is 0.272 e. The molecule has 3 aromatic rings. The van der Waals surface area contributed by atoms with Gasteiger partial charge in [0.15, 0.2) is 0 Å². The van der Waals surface area contributed by atoms with Crippen molar-refractivity contribution in [2.45, 2.75) is 12.5 Å². The fourth-order valence-electron chi connectivity index (χ4n) is 3.37. The second-order valence-corrected chi connectivity index (χ2v) is 7.74. The molecule has 1 atom stereocenters. The van der Waals surface area contributed by atoms with Crippen molar-refractivity contribution in [1.82, 2.24) is 20.1 Å². The summed E-state index contributed by atoms with van der Waals surface area (Å²) in [6.45, 7) is 1.10. The highest BCUT2D eigenvalue weighted by Crippen LogP contribution is 2.32. The first-order valence-electron chi connectivity index (χ1n) is 9.42. The Kier molecular flexibility index (Phi) is 5.89. The summed E-state index contributed by atoms with van der Waals surface area (Å²) in [5.74, 6) is 1.76. The number of aromatic amines is 1. The summed E-state index contributed by atoms with van der Waals surface area (Å²) in [4.78, 5) is 18.9. The number of hydrogen-bond donors (Lipinski definition) is 1. The number of pyridine rings is 1. The third-order valence-electron chi connectivity index (χ3n) is 4.91. The van der Waals surface area contributed by atoms with E-state index in [4.69, 9.17) is 14.2 Å².